The maximum absolute atomic E-state index is 12.4. The first-order valence-corrected chi connectivity index (χ1v) is 6.39. The Bertz CT molecular complexity index is 686. The average molecular weight is 266 g/mol. The van der Waals surface area contributed by atoms with Crippen LogP contribution in [0.25, 0.3) is 6.08 Å². The number of Topliss-reactive ketones (excluding diaryl/α,β-unsaturated/α-hetero) is 1. The van der Waals surface area contributed by atoms with Gasteiger partial charge in [-0.05, 0) is 35.9 Å². The van der Waals surface area contributed by atoms with Gasteiger partial charge in [0.05, 0.1) is 12.7 Å². The summed E-state index contributed by atoms with van der Waals surface area (Å²) in [7, 11) is 1.62. The number of methoxy groups -OCH3 is 1. The maximum atomic E-state index is 12.4. The van der Waals surface area contributed by atoms with Crippen molar-refractivity contribution in [2.75, 3.05) is 13.7 Å². The van der Waals surface area contributed by atoms with E-state index in [2.05, 4.69) is 0 Å². The maximum Gasteiger partial charge on any atom is 0.196 e. The molecule has 0 unspecified atom stereocenters. The third-order valence-electron chi connectivity index (χ3n) is 3.24. The van der Waals surface area contributed by atoms with E-state index in [0.717, 1.165) is 11.3 Å². The van der Waals surface area contributed by atoms with Crippen LogP contribution < -0.4 is 9.47 Å². The van der Waals surface area contributed by atoms with E-state index >= 15 is 0 Å². The van der Waals surface area contributed by atoms with Crippen molar-refractivity contribution in [3.05, 3.63) is 65.2 Å². The van der Waals surface area contributed by atoms with E-state index in [0.29, 0.717) is 23.5 Å². The van der Waals surface area contributed by atoms with Gasteiger partial charge in [-0.3, -0.25) is 4.79 Å². The average Bonchev–Trinajstić information content (AvgIpc) is 2.50. The van der Waals surface area contributed by atoms with E-state index < -0.39 is 0 Å². The first kappa shape index (κ1) is 12.5. The Labute approximate surface area is 117 Å². The zero-order valence-corrected chi connectivity index (χ0v) is 11.1. The fourth-order valence-corrected chi connectivity index (χ4v) is 2.21. The highest BCUT2D eigenvalue weighted by Gasteiger charge is 2.22. The molecule has 0 radical (unpaired) electrons. The summed E-state index contributed by atoms with van der Waals surface area (Å²) in [4.78, 5) is 12.4. The van der Waals surface area contributed by atoms with Crippen LogP contribution in [0.15, 0.2) is 54.1 Å². The fourth-order valence-electron chi connectivity index (χ4n) is 2.21. The van der Waals surface area contributed by atoms with Crippen LogP contribution in [0.3, 0.4) is 0 Å². The second kappa shape index (κ2) is 5.21. The third kappa shape index (κ3) is 2.30. The molecule has 1 heterocycles. The van der Waals surface area contributed by atoms with E-state index in [-0.39, 0.29) is 5.78 Å². The lowest BCUT2D eigenvalue weighted by Gasteiger charge is -2.18. The van der Waals surface area contributed by atoms with Crippen molar-refractivity contribution in [3.8, 4) is 11.5 Å². The van der Waals surface area contributed by atoms with E-state index in [1.54, 1.807) is 13.2 Å². The topological polar surface area (TPSA) is 35.5 Å². The molecule has 0 amide bonds. The summed E-state index contributed by atoms with van der Waals surface area (Å²) in [6, 6.07) is 14.9. The largest absolute Gasteiger partial charge is 0.497 e. The molecule has 0 bridgehead atoms. The molecule has 2 aromatic carbocycles. The number of ether oxygens (including phenoxy) is 2. The van der Waals surface area contributed by atoms with Gasteiger partial charge in [-0.1, -0.05) is 24.3 Å². The Morgan fingerprint density at radius 3 is 2.85 bits per heavy atom. The Hall–Kier alpha value is -2.55. The van der Waals surface area contributed by atoms with E-state index in [1.807, 2.05) is 48.5 Å². The van der Waals surface area contributed by atoms with Crippen LogP contribution in [0.2, 0.25) is 0 Å². The number of ketones is 1. The molecule has 3 nitrogen and oxygen atoms in total. The molecule has 1 aliphatic heterocycles. The molecule has 0 aromatic heterocycles. The number of rotatable bonds is 2. The Morgan fingerprint density at radius 2 is 2.00 bits per heavy atom. The molecule has 3 rings (SSSR count). The van der Waals surface area contributed by atoms with Gasteiger partial charge < -0.3 is 9.47 Å². The number of para-hydroxylation sites is 1. The summed E-state index contributed by atoms with van der Waals surface area (Å²) in [5.74, 6) is 1.44. The minimum absolute atomic E-state index is 0.0228. The Morgan fingerprint density at radius 1 is 1.15 bits per heavy atom. The Kier molecular flexibility index (Phi) is 3.25. The first-order chi connectivity index (χ1) is 9.78. The highest BCUT2D eigenvalue weighted by molar-refractivity contribution is 6.14. The number of hydrogen-bond donors (Lipinski definition) is 0. The molecule has 1 aliphatic rings. The van der Waals surface area contributed by atoms with Crippen molar-refractivity contribution < 1.29 is 14.3 Å². The standard InChI is InChI=1S/C17H14O3/c1-19-14-6-4-5-12(10-14)9-13-11-20-16-8-3-2-7-15(16)17(13)18/h2-10H,11H2,1H3/b13-9+. The minimum Gasteiger partial charge on any atom is -0.497 e. The second-order valence-corrected chi connectivity index (χ2v) is 4.56. The number of benzene rings is 2. The van der Waals surface area contributed by atoms with Crippen molar-refractivity contribution in [1.82, 2.24) is 0 Å². The predicted octanol–water partition coefficient (Wildman–Crippen LogP) is 3.35. The van der Waals surface area contributed by atoms with Gasteiger partial charge in [0.25, 0.3) is 0 Å². The quantitative estimate of drug-likeness (QED) is 0.782. The van der Waals surface area contributed by atoms with E-state index in [4.69, 9.17) is 9.47 Å². The van der Waals surface area contributed by atoms with Crippen LogP contribution in [0.5, 0.6) is 11.5 Å². The monoisotopic (exact) mass is 266 g/mol. The van der Waals surface area contributed by atoms with Crippen LogP contribution in [0, 0.1) is 0 Å². The predicted molar refractivity (Wildman–Crippen MR) is 77.2 cm³/mol. The molecule has 0 saturated heterocycles. The molecule has 0 spiro atoms. The molecular formula is C17H14O3. The molecular weight excluding hydrogens is 252 g/mol. The molecule has 2 aromatic rings. The first-order valence-electron chi connectivity index (χ1n) is 6.39. The van der Waals surface area contributed by atoms with Crippen molar-refractivity contribution in [2.45, 2.75) is 0 Å². The molecule has 20 heavy (non-hydrogen) atoms. The van der Waals surface area contributed by atoms with Gasteiger partial charge in [-0.15, -0.1) is 0 Å². The van der Waals surface area contributed by atoms with Crippen molar-refractivity contribution in [2.24, 2.45) is 0 Å². The van der Waals surface area contributed by atoms with E-state index in [1.165, 1.54) is 0 Å². The third-order valence-corrected chi connectivity index (χ3v) is 3.24. The summed E-state index contributed by atoms with van der Waals surface area (Å²) >= 11 is 0. The van der Waals surface area contributed by atoms with Gasteiger partial charge >= 0.3 is 0 Å². The smallest absolute Gasteiger partial charge is 0.196 e. The van der Waals surface area contributed by atoms with Gasteiger partial charge in [0.1, 0.15) is 18.1 Å². The van der Waals surface area contributed by atoms with Gasteiger partial charge in [-0.2, -0.15) is 0 Å². The zero-order chi connectivity index (χ0) is 13.9. The fraction of sp³-hybridized carbons (Fsp3) is 0.118. The van der Waals surface area contributed by atoms with E-state index in [9.17, 15) is 4.79 Å². The lowest BCUT2D eigenvalue weighted by molar-refractivity contribution is 0.100. The van der Waals surface area contributed by atoms with Gasteiger partial charge in [0, 0.05) is 5.57 Å². The molecule has 0 fully saturated rings. The summed E-state index contributed by atoms with van der Waals surface area (Å²) < 4.78 is 10.8. The normalized spacial score (nSPS) is 15.7. The number of hydrogen-bond acceptors (Lipinski definition) is 3. The number of carbonyl (C=O) groups is 1. The van der Waals surface area contributed by atoms with Gasteiger partial charge in [0.15, 0.2) is 5.78 Å². The number of carbonyl (C=O) groups excluding carboxylic acids is 1. The van der Waals surface area contributed by atoms with Crippen LogP contribution in [0.1, 0.15) is 15.9 Å². The highest BCUT2D eigenvalue weighted by atomic mass is 16.5. The van der Waals surface area contributed by atoms with Gasteiger partial charge in [-0.25, -0.2) is 0 Å². The van der Waals surface area contributed by atoms with Crippen molar-refractivity contribution >= 4 is 11.9 Å². The van der Waals surface area contributed by atoms with Crippen LogP contribution in [-0.2, 0) is 0 Å². The van der Waals surface area contributed by atoms with Crippen LogP contribution in [-0.4, -0.2) is 19.5 Å². The lowest BCUT2D eigenvalue weighted by atomic mass is 9.98. The summed E-state index contributed by atoms with van der Waals surface area (Å²) in [5, 5.41) is 0. The molecule has 100 valence electrons. The van der Waals surface area contributed by atoms with Crippen molar-refractivity contribution in [3.63, 3.8) is 0 Å². The summed E-state index contributed by atoms with van der Waals surface area (Å²) in [5.41, 5.74) is 2.19. The molecule has 0 N–H and O–H groups in total. The molecule has 0 saturated carbocycles. The lowest BCUT2D eigenvalue weighted by Crippen LogP contribution is -2.18. The minimum atomic E-state index is 0.0228. The molecule has 3 heteroatoms. The van der Waals surface area contributed by atoms with Gasteiger partial charge in [0.2, 0.25) is 0 Å². The highest BCUT2D eigenvalue weighted by Crippen LogP contribution is 2.27. The second-order valence-electron chi connectivity index (χ2n) is 4.56. The SMILES string of the molecule is COc1cccc(/C=C2\COc3ccccc3C2=O)c1. The van der Waals surface area contributed by atoms with Crippen LogP contribution in [0.4, 0.5) is 0 Å². The van der Waals surface area contributed by atoms with Crippen molar-refractivity contribution in [1.29, 1.82) is 0 Å². The summed E-state index contributed by atoms with van der Waals surface area (Å²) in [6.45, 7) is 0.299. The number of fused-ring (bicyclic) bond motifs is 1. The Balaban J connectivity index is 1.95. The van der Waals surface area contributed by atoms with Crippen LogP contribution >= 0.6 is 0 Å². The zero-order valence-electron chi connectivity index (χ0n) is 11.1. The molecule has 0 atom stereocenters. The molecule has 0 aliphatic carbocycles. The summed E-state index contributed by atoms with van der Waals surface area (Å²) in [6.07, 6.45) is 1.85.